The van der Waals surface area contributed by atoms with Crippen molar-refractivity contribution in [1.29, 1.82) is 0 Å². The second-order valence-electron chi connectivity index (χ2n) is 7.05. The number of hydrogen-bond acceptors (Lipinski definition) is 4. The third kappa shape index (κ3) is 3.06. The summed E-state index contributed by atoms with van der Waals surface area (Å²) in [6, 6.07) is -0.347. The zero-order valence-corrected chi connectivity index (χ0v) is 13.7. The van der Waals surface area contributed by atoms with E-state index >= 15 is 0 Å². The van der Waals surface area contributed by atoms with E-state index in [0.29, 0.717) is 6.42 Å². The van der Waals surface area contributed by atoms with Gasteiger partial charge in [-0.3, -0.25) is 14.5 Å². The molecule has 3 fully saturated rings. The van der Waals surface area contributed by atoms with Crippen molar-refractivity contribution in [3.8, 4) is 0 Å². The Morgan fingerprint density at radius 2 is 2.13 bits per heavy atom. The number of nitrogens with one attached hydrogen (secondary N) is 3. The Bertz CT molecular complexity index is 504. The molecule has 0 aromatic rings. The van der Waals surface area contributed by atoms with Crippen LogP contribution in [0.5, 0.6) is 0 Å². The first-order valence-electron chi connectivity index (χ1n) is 8.67. The van der Waals surface area contributed by atoms with Gasteiger partial charge >= 0.3 is 6.03 Å². The van der Waals surface area contributed by atoms with Gasteiger partial charge in [-0.2, -0.15) is 0 Å². The van der Waals surface area contributed by atoms with Crippen LogP contribution in [-0.4, -0.2) is 54.0 Å². The Morgan fingerprint density at radius 3 is 2.83 bits per heavy atom. The molecule has 2 aliphatic heterocycles. The lowest BCUT2D eigenvalue weighted by molar-refractivity contribution is -0.137. The highest BCUT2D eigenvalue weighted by Crippen LogP contribution is 2.38. The summed E-state index contributed by atoms with van der Waals surface area (Å²) in [6.07, 6.45) is 5.57. The number of carbonyl (C=O) groups is 3. The molecule has 128 valence electrons. The summed E-state index contributed by atoms with van der Waals surface area (Å²) >= 11 is 0. The van der Waals surface area contributed by atoms with E-state index in [2.05, 4.69) is 16.0 Å². The second kappa shape index (κ2) is 6.47. The molecule has 1 aliphatic carbocycles. The van der Waals surface area contributed by atoms with E-state index in [0.717, 1.165) is 50.1 Å². The maximum atomic E-state index is 12.8. The monoisotopic (exact) mass is 322 g/mol. The van der Waals surface area contributed by atoms with Gasteiger partial charge in [0.1, 0.15) is 12.1 Å². The molecule has 23 heavy (non-hydrogen) atoms. The van der Waals surface area contributed by atoms with Gasteiger partial charge in [0, 0.05) is 12.6 Å². The normalized spacial score (nSPS) is 34.6. The number of piperidine rings is 1. The molecule has 0 radical (unpaired) electrons. The summed E-state index contributed by atoms with van der Waals surface area (Å²) in [5.41, 5.74) is -0.790. The lowest BCUT2D eigenvalue weighted by atomic mass is 9.73. The molecule has 7 nitrogen and oxygen atoms in total. The molecule has 3 aliphatic rings. The standard InChI is InChI=1S/C16H26N4O3/c1-11-5-2-3-7-16(11)14(22)20(15(23)19-16)10-13(21)18-12-6-4-8-17-9-12/h11-12,17H,2-10H2,1H3,(H,18,21)(H,19,23). The number of urea groups is 1. The lowest BCUT2D eigenvalue weighted by Gasteiger charge is -2.36. The summed E-state index contributed by atoms with van der Waals surface area (Å²) < 4.78 is 0. The summed E-state index contributed by atoms with van der Waals surface area (Å²) in [5.74, 6) is -0.377. The SMILES string of the molecule is CC1CCCCC12NC(=O)N(CC(=O)NC1CCCNC1)C2=O. The highest BCUT2D eigenvalue weighted by atomic mass is 16.2. The van der Waals surface area contributed by atoms with Crippen LogP contribution in [0.25, 0.3) is 0 Å². The first-order chi connectivity index (χ1) is 11.0. The largest absolute Gasteiger partial charge is 0.351 e. The van der Waals surface area contributed by atoms with Crippen molar-refractivity contribution < 1.29 is 14.4 Å². The van der Waals surface area contributed by atoms with E-state index in [1.54, 1.807) is 0 Å². The molecular weight excluding hydrogens is 296 g/mol. The van der Waals surface area contributed by atoms with Gasteiger partial charge in [-0.25, -0.2) is 4.79 Å². The van der Waals surface area contributed by atoms with E-state index in [9.17, 15) is 14.4 Å². The summed E-state index contributed by atoms with van der Waals surface area (Å²) in [7, 11) is 0. The number of amides is 4. The molecule has 2 saturated heterocycles. The maximum Gasteiger partial charge on any atom is 0.325 e. The molecule has 7 heteroatoms. The average molecular weight is 322 g/mol. The predicted octanol–water partition coefficient (Wildman–Crippen LogP) is 0.355. The molecule has 4 amide bonds. The fraction of sp³-hybridized carbons (Fsp3) is 0.812. The zero-order chi connectivity index (χ0) is 16.4. The van der Waals surface area contributed by atoms with Gasteiger partial charge in [-0.05, 0) is 38.1 Å². The van der Waals surface area contributed by atoms with Crippen LogP contribution in [0, 0.1) is 5.92 Å². The van der Waals surface area contributed by atoms with E-state index in [1.165, 1.54) is 0 Å². The van der Waals surface area contributed by atoms with E-state index in [1.807, 2.05) is 6.92 Å². The van der Waals surface area contributed by atoms with Crippen molar-refractivity contribution in [2.24, 2.45) is 5.92 Å². The van der Waals surface area contributed by atoms with Crippen molar-refractivity contribution >= 4 is 17.8 Å². The highest BCUT2D eigenvalue weighted by Gasteiger charge is 2.55. The molecule has 3 unspecified atom stereocenters. The van der Waals surface area contributed by atoms with Crippen LogP contribution >= 0.6 is 0 Å². The summed E-state index contributed by atoms with van der Waals surface area (Å²) in [6.45, 7) is 3.54. The Morgan fingerprint density at radius 1 is 1.30 bits per heavy atom. The lowest BCUT2D eigenvalue weighted by Crippen LogP contribution is -2.54. The molecule has 0 aromatic carbocycles. The number of imide groups is 1. The topological polar surface area (TPSA) is 90.5 Å². The minimum atomic E-state index is -0.790. The van der Waals surface area contributed by atoms with Gasteiger partial charge in [-0.1, -0.05) is 19.8 Å². The summed E-state index contributed by atoms with van der Waals surface area (Å²) in [5, 5.41) is 9.02. The van der Waals surface area contributed by atoms with Gasteiger partial charge in [0.2, 0.25) is 5.91 Å². The second-order valence-corrected chi connectivity index (χ2v) is 7.05. The molecule has 1 spiro atoms. The fourth-order valence-corrected chi connectivity index (χ4v) is 4.03. The third-order valence-corrected chi connectivity index (χ3v) is 5.47. The van der Waals surface area contributed by atoms with Crippen LogP contribution in [0.2, 0.25) is 0 Å². The number of rotatable bonds is 3. The molecule has 3 rings (SSSR count). The molecule has 2 heterocycles. The van der Waals surface area contributed by atoms with Crippen LogP contribution in [0.1, 0.15) is 45.4 Å². The van der Waals surface area contributed by atoms with Crippen molar-refractivity contribution in [3.05, 3.63) is 0 Å². The van der Waals surface area contributed by atoms with Gasteiger partial charge in [0.15, 0.2) is 0 Å². The van der Waals surface area contributed by atoms with Crippen molar-refractivity contribution in [2.75, 3.05) is 19.6 Å². The smallest absolute Gasteiger partial charge is 0.325 e. The third-order valence-electron chi connectivity index (χ3n) is 5.47. The van der Waals surface area contributed by atoms with Gasteiger partial charge in [-0.15, -0.1) is 0 Å². The highest BCUT2D eigenvalue weighted by molar-refractivity contribution is 6.09. The number of nitrogens with zero attached hydrogens (tertiary/aromatic N) is 1. The molecule has 1 saturated carbocycles. The van der Waals surface area contributed by atoms with Crippen LogP contribution < -0.4 is 16.0 Å². The predicted molar refractivity (Wildman–Crippen MR) is 84.6 cm³/mol. The van der Waals surface area contributed by atoms with E-state index < -0.39 is 11.6 Å². The van der Waals surface area contributed by atoms with Gasteiger partial charge in [0.25, 0.3) is 5.91 Å². The number of hydrogen-bond donors (Lipinski definition) is 3. The van der Waals surface area contributed by atoms with Crippen LogP contribution in [0.15, 0.2) is 0 Å². The Balaban J connectivity index is 1.62. The van der Waals surface area contributed by atoms with E-state index in [-0.39, 0.29) is 30.3 Å². The molecular formula is C16H26N4O3. The molecule has 0 aromatic heterocycles. The summed E-state index contributed by atoms with van der Waals surface area (Å²) in [4.78, 5) is 38.3. The van der Waals surface area contributed by atoms with Crippen LogP contribution in [0.3, 0.4) is 0 Å². The van der Waals surface area contributed by atoms with Crippen molar-refractivity contribution in [1.82, 2.24) is 20.9 Å². The Hall–Kier alpha value is -1.63. The van der Waals surface area contributed by atoms with Crippen molar-refractivity contribution in [3.63, 3.8) is 0 Å². The minimum Gasteiger partial charge on any atom is -0.351 e. The quantitative estimate of drug-likeness (QED) is 0.654. The van der Waals surface area contributed by atoms with Gasteiger partial charge < -0.3 is 16.0 Å². The minimum absolute atomic E-state index is 0.0829. The van der Waals surface area contributed by atoms with Gasteiger partial charge in [0.05, 0.1) is 0 Å². The number of carbonyl (C=O) groups excluding carboxylic acids is 3. The van der Waals surface area contributed by atoms with Crippen LogP contribution in [-0.2, 0) is 9.59 Å². The maximum absolute atomic E-state index is 12.8. The fourth-order valence-electron chi connectivity index (χ4n) is 4.03. The Labute approximate surface area is 136 Å². The zero-order valence-electron chi connectivity index (χ0n) is 13.7. The molecule has 0 bridgehead atoms. The first-order valence-corrected chi connectivity index (χ1v) is 8.67. The first kappa shape index (κ1) is 16.2. The Kier molecular flexibility index (Phi) is 4.57. The molecule has 3 N–H and O–H groups in total. The molecule has 3 atom stereocenters. The van der Waals surface area contributed by atoms with E-state index in [4.69, 9.17) is 0 Å². The van der Waals surface area contributed by atoms with Crippen LogP contribution in [0.4, 0.5) is 4.79 Å². The van der Waals surface area contributed by atoms with Crippen molar-refractivity contribution in [2.45, 2.75) is 57.0 Å². The average Bonchev–Trinajstić information content (AvgIpc) is 2.76.